The first-order valence-electron chi connectivity index (χ1n) is 7.38. The molecule has 126 valence electrons. The Labute approximate surface area is 139 Å². The molecule has 24 heavy (non-hydrogen) atoms. The Kier molecular flexibility index (Phi) is 5.89. The molecule has 0 aromatic heterocycles. The minimum Gasteiger partial charge on any atom is -0.496 e. The van der Waals surface area contributed by atoms with E-state index in [-0.39, 0.29) is 18.7 Å². The number of carboxylic acids is 1. The zero-order valence-electron chi connectivity index (χ0n) is 13.2. The van der Waals surface area contributed by atoms with Crippen molar-refractivity contribution < 1.29 is 23.8 Å². The summed E-state index contributed by atoms with van der Waals surface area (Å²) in [5, 5.41) is 11.7. The van der Waals surface area contributed by atoms with Gasteiger partial charge in [-0.05, 0) is 23.8 Å². The number of nitrogens with one attached hydrogen (secondary N) is 1. The molecule has 0 aliphatic carbocycles. The number of ether oxygens (including phenoxy) is 1. The van der Waals surface area contributed by atoms with Gasteiger partial charge in [0.2, 0.25) is 5.91 Å². The molecular weight excluding hydrogens is 313 g/mol. The zero-order chi connectivity index (χ0) is 17.5. The van der Waals surface area contributed by atoms with Crippen LogP contribution in [-0.4, -0.2) is 24.1 Å². The average Bonchev–Trinajstić information content (AvgIpc) is 2.55. The number of rotatable bonds is 7. The zero-order valence-corrected chi connectivity index (χ0v) is 13.2. The van der Waals surface area contributed by atoms with Crippen molar-refractivity contribution in [1.29, 1.82) is 0 Å². The van der Waals surface area contributed by atoms with Crippen molar-refractivity contribution in [3.63, 3.8) is 0 Å². The Morgan fingerprint density at radius 2 is 1.83 bits per heavy atom. The van der Waals surface area contributed by atoms with Gasteiger partial charge < -0.3 is 15.2 Å². The second-order valence-corrected chi connectivity index (χ2v) is 5.26. The molecule has 0 aliphatic heterocycles. The summed E-state index contributed by atoms with van der Waals surface area (Å²) < 4.78 is 18.2. The summed E-state index contributed by atoms with van der Waals surface area (Å²) in [6.45, 7) is 0. The molecule has 2 N–H and O–H groups in total. The van der Waals surface area contributed by atoms with Crippen molar-refractivity contribution in [3.8, 4) is 5.75 Å². The van der Waals surface area contributed by atoms with Gasteiger partial charge >= 0.3 is 5.97 Å². The van der Waals surface area contributed by atoms with Gasteiger partial charge in [0.1, 0.15) is 11.6 Å². The third-order valence-electron chi connectivity index (χ3n) is 3.53. The predicted octanol–water partition coefficient (Wildman–Crippen LogP) is 2.71. The van der Waals surface area contributed by atoms with Gasteiger partial charge in [-0.15, -0.1) is 0 Å². The van der Waals surface area contributed by atoms with Crippen molar-refractivity contribution in [2.24, 2.45) is 0 Å². The van der Waals surface area contributed by atoms with Gasteiger partial charge in [-0.3, -0.25) is 9.59 Å². The number of benzene rings is 2. The molecule has 6 heteroatoms. The SMILES string of the molecule is COc1ccccc1CC(=O)N[C@@H](CC(=O)O)c1ccc(F)cc1. The van der Waals surface area contributed by atoms with Crippen molar-refractivity contribution in [1.82, 2.24) is 5.32 Å². The molecule has 2 aromatic carbocycles. The summed E-state index contributed by atoms with van der Waals surface area (Å²) in [6, 6.07) is 11.8. The van der Waals surface area contributed by atoms with E-state index >= 15 is 0 Å². The Hall–Kier alpha value is -2.89. The van der Waals surface area contributed by atoms with Crippen molar-refractivity contribution >= 4 is 11.9 Å². The number of amides is 1. The molecule has 0 bridgehead atoms. The normalized spacial score (nSPS) is 11.6. The Bertz CT molecular complexity index is 715. The monoisotopic (exact) mass is 331 g/mol. The molecule has 0 spiro atoms. The minimum absolute atomic E-state index is 0.0569. The van der Waals surface area contributed by atoms with Crippen LogP contribution in [0.3, 0.4) is 0 Å². The quantitative estimate of drug-likeness (QED) is 0.818. The number of carboxylic acid groups (broad SMARTS) is 1. The van der Waals surface area contributed by atoms with Crippen LogP contribution >= 0.6 is 0 Å². The van der Waals surface area contributed by atoms with Crippen molar-refractivity contribution in [2.75, 3.05) is 7.11 Å². The molecule has 2 aromatic rings. The van der Waals surface area contributed by atoms with Crippen LogP contribution in [0.5, 0.6) is 5.75 Å². The van der Waals surface area contributed by atoms with E-state index in [0.717, 1.165) is 0 Å². The van der Waals surface area contributed by atoms with Gasteiger partial charge in [-0.25, -0.2) is 4.39 Å². The highest BCUT2D eigenvalue weighted by molar-refractivity contribution is 5.80. The van der Waals surface area contributed by atoms with Gasteiger partial charge in [0.05, 0.1) is 26.0 Å². The van der Waals surface area contributed by atoms with Crippen LogP contribution in [-0.2, 0) is 16.0 Å². The molecule has 0 radical (unpaired) electrons. The lowest BCUT2D eigenvalue weighted by Crippen LogP contribution is -2.31. The molecule has 0 fully saturated rings. The Balaban J connectivity index is 2.12. The second-order valence-electron chi connectivity index (χ2n) is 5.26. The fourth-order valence-corrected chi connectivity index (χ4v) is 2.39. The molecule has 0 saturated carbocycles. The van der Waals surface area contributed by atoms with Gasteiger partial charge in [0.15, 0.2) is 0 Å². The van der Waals surface area contributed by atoms with Crippen LogP contribution in [0, 0.1) is 5.82 Å². The van der Waals surface area contributed by atoms with E-state index in [2.05, 4.69) is 5.32 Å². The van der Waals surface area contributed by atoms with Crippen molar-refractivity contribution in [2.45, 2.75) is 18.9 Å². The molecule has 0 saturated heterocycles. The maximum Gasteiger partial charge on any atom is 0.305 e. The topological polar surface area (TPSA) is 75.6 Å². The van der Waals surface area contributed by atoms with E-state index in [9.17, 15) is 14.0 Å². The summed E-state index contributed by atoms with van der Waals surface area (Å²) in [7, 11) is 1.52. The van der Waals surface area contributed by atoms with Crippen LogP contribution in [0.25, 0.3) is 0 Å². The van der Waals surface area contributed by atoms with Crippen LogP contribution in [0.1, 0.15) is 23.6 Å². The van der Waals surface area contributed by atoms with Crippen molar-refractivity contribution in [3.05, 3.63) is 65.5 Å². The number of methoxy groups -OCH3 is 1. The molecule has 5 nitrogen and oxygen atoms in total. The molecule has 0 heterocycles. The first-order valence-corrected chi connectivity index (χ1v) is 7.38. The van der Waals surface area contributed by atoms with E-state index in [1.54, 1.807) is 24.3 Å². The summed E-state index contributed by atoms with van der Waals surface area (Å²) >= 11 is 0. The van der Waals surface area contributed by atoms with Crippen LogP contribution in [0.15, 0.2) is 48.5 Å². The second kappa shape index (κ2) is 8.10. The number of hydrogen-bond acceptors (Lipinski definition) is 3. The highest BCUT2D eigenvalue weighted by Gasteiger charge is 2.19. The van der Waals surface area contributed by atoms with Crippen LogP contribution in [0.2, 0.25) is 0 Å². The lowest BCUT2D eigenvalue weighted by molar-refractivity contribution is -0.137. The molecular formula is C18H18FNO4. The standard InChI is InChI=1S/C18H18FNO4/c1-24-16-5-3-2-4-13(16)10-17(21)20-15(11-18(22)23)12-6-8-14(19)9-7-12/h2-9,15H,10-11H2,1H3,(H,20,21)(H,22,23)/t15-/m0/s1. The molecule has 0 unspecified atom stereocenters. The first-order chi connectivity index (χ1) is 11.5. The van der Waals surface area contributed by atoms with Crippen LogP contribution in [0.4, 0.5) is 4.39 Å². The predicted molar refractivity (Wildman–Crippen MR) is 86.2 cm³/mol. The maximum atomic E-state index is 13.0. The van der Waals surface area contributed by atoms with E-state index in [1.807, 2.05) is 0 Å². The average molecular weight is 331 g/mol. The fourth-order valence-electron chi connectivity index (χ4n) is 2.39. The minimum atomic E-state index is -1.05. The smallest absolute Gasteiger partial charge is 0.305 e. The van der Waals surface area contributed by atoms with Gasteiger partial charge in [0, 0.05) is 5.56 Å². The number of carbonyl (C=O) groups is 2. The first kappa shape index (κ1) is 17.5. The highest BCUT2D eigenvalue weighted by Crippen LogP contribution is 2.20. The highest BCUT2D eigenvalue weighted by atomic mass is 19.1. The third-order valence-corrected chi connectivity index (χ3v) is 3.53. The van der Waals surface area contributed by atoms with E-state index < -0.39 is 17.8 Å². The summed E-state index contributed by atoms with van der Waals surface area (Å²) in [5.41, 5.74) is 1.23. The summed E-state index contributed by atoms with van der Waals surface area (Å²) in [5.74, 6) is -1.23. The largest absolute Gasteiger partial charge is 0.496 e. The lowest BCUT2D eigenvalue weighted by atomic mass is 10.0. The number of carbonyl (C=O) groups excluding carboxylic acids is 1. The van der Waals surface area contributed by atoms with Gasteiger partial charge in [-0.1, -0.05) is 30.3 Å². The number of hydrogen-bond donors (Lipinski definition) is 2. The molecule has 0 aliphatic rings. The Morgan fingerprint density at radius 3 is 2.46 bits per heavy atom. The van der Waals surface area contributed by atoms with Gasteiger partial charge in [-0.2, -0.15) is 0 Å². The Morgan fingerprint density at radius 1 is 1.17 bits per heavy atom. The molecule has 1 amide bonds. The van der Waals surface area contributed by atoms with E-state index in [1.165, 1.54) is 31.4 Å². The molecule has 2 rings (SSSR count). The fraction of sp³-hybridized carbons (Fsp3) is 0.222. The van der Waals surface area contributed by atoms with Crippen LogP contribution < -0.4 is 10.1 Å². The van der Waals surface area contributed by atoms with E-state index in [4.69, 9.17) is 9.84 Å². The number of halogens is 1. The number of aliphatic carboxylic acids is 1. The number of para-hydroxylation sites is 1. The summed E-state index contributed by atoms with van der Waals surface area (Å²) in [6.07, 6.45) is -0.232. The van der Waals surface area contributed by atoms with E-state index in [0.29, 0.717) is 16.9 Å². The lowest BCUT2D eigenvalue weighted by Gasteiger charge is -2.18. The van der Waals surface area contributed by atoms with Gasteiger partial charge in [0.25, 0.3) is 0 Å². The summed E-state index contributed by atoms with van der Waals surface area (Å²) in [4.78, 5) is 23.3. The molecule has 1 atom stereocenters. The third kappa shape index (κ3) is 4.81. The maximum absolute atomic E-state index is 13.0.